The molecule has 0 radical (unpaired) electrons. The highest BCUT2D eigenvalue weighted by Crippen LogP contribution is 2.31. The van der Waals surface area contributed by atoms with Crippen LogP contribution in [0.3, 0.4) is 0 Å². The third-order valence-electron chi connectivity index (χ3n) is 2.12. The van der Waals surface area contributed by atoms with Gasteiger partial charge in [0.15, 0.2) is 17.3 Å². The van der Waals surface area contributed by atoms with E-state index < -0.39 is 12.4 Å². The van der Waals surface area contributed by atoms with Crippen molar-refractivity contribution in [2.75, 3.05) is 12.0 Å². The molecule has 0 aliphatic heterocycles. The molecular weight excluding hydrogens is 284 g/mol. The summed E-state index contributed by atoms with van der Waals surface area (Å²) in [6.45, 7) is -1.03. The Kier molecular flexibility index (Phi) is 5.88. The van der Waals surface area contributed by atoms with Crippen molar-refractivity contribution in [3.05, 3.63) is 18.2 Å². The lowest BCUT2D eigenvalue weighted by atomic mass is 10.3. The van der Waals surface area contributed by atoms with Gasteiger partial charge in [-0.15, -0.1) is 0 Å². The van der Waals surface area contributed by atoms with E-state index in [1.807, 2.05) is 0 Å². The molecule has 1 aromatic rings. The van der Waals surface area contributed by atoms with Gasteiger partial charge in [0, 0.05) is 6.07 Å². The molecule has 0 aromatic heterocycles. The van der Waals surface area contributed by atoms with E-state index in [0.29, 0.717) is 5.69 Å². The highest BCUT2D eigenvalue weighted by atomic mass is 19.3. The molecule has 7 nitrogen and oxygen atoms in total. The van der Waals surface area contributed by atoms with Crippen LogP contribution in [0.25, 0.3) is 0 Å². The summed E-state index contributed by atoms with van der Waals surface area (Å²) in [5.74, 6) is -0.513. The Morgan fingerprint density at radius 1 is 1.52 bits per heavy atom. The Morgan fingerprint density at radius 2 is 2.24 bits per heavy atom. The second-order valence-electron chi connectivity index (χ2n) is 3.57. The fourth-order valence-corrected chi connectivity index (χ4v) is 1.31. The van der Waals surface area contributed by atoms with E-state index in [1.165, 1.54) is 18.2 Å². The van der Waals surface area contributed by atoms with Crippen LogP contribution in [0.15, 0.2) is 23.3 Å². The van der Waals surface area contributed by atoms with Gasteiger partial charge in [-0.25, -0.2) is 0 Å². The number of anilines is 1. The summed E-state index contributed by atoms with van der Waals surface area (Å²) in [4.78, 5) is 0. The predicted molar refractivity (Wildman–Crippen MR) is 72.8 cm³/mol. The largest absolute Gasteiger partial charge is 0.490 e. The van der Waals surface area contributed by atoms with Crippen LogP contribution in [0.5, 0.6) is 11.5 Å². The van der Waals surface area contributed by atoms with Crippen molar-refractivity contribution >= 4 is 17.2 Å². The van der Waals surface area contributed by atoms with Gasteiger partial charge in [-0.05, 0) is 19.1 Å². The van der Waals surface area contributed by atoms with Gasteiger partial charge in [-0.2, -0.15) is 19.1 Å². The number of rotatable bonds is 7. The monoisotopic (exact) mass is 297 g/mol. The van der Waals surface area contributed by atoms with E-state index >= 15 is 0 Å². The van der Waals surface area contributed by atoms with E-state index in [1.54, 1.807) is 13.0 Å². The molecule has 1 aromatic carbocycles. The molecule has 0 atom stereocenters. The maximum absolute atomic E-state index is 12.2. The molecule has 1 rings (SSSR count). The first-order valence-corrected chi connectivity index (χ1v) is 5.77. The quantitative estimate of drug-likeness (QED) is 0.404. The number of hydrazone groups is 1. The third-order valence-corrected chi connectivity index (χ3v) is 2.12. The van der Waals surface area contributed by atoms with Gasteiger partial charge in [0.05, 0.1) is 12.3 Å². The molecule has 0 fully saturated rings. The van der Waals surface area contributed by atoms with Crippen molar-refractivity contribution in [1.82, 2.24) is 0 Å². The maximum atomic E-state index is 12.2. The fraction of sp³-hybridized carbons (Fsp3) is 0.250. The molecular formula is C12H13F2N5O2. The number of nitrogens with one attached hydrogen (secondary N) is 2. The smallest absolute Gasteiger partial charge is 0.387 e. The molecule has 112 valence electrons. The van der Waals surface area contributed by atoms with Crippen molar-refractivity contribution < 1.29 is 18.3 Å². The fourth-order valence-electron chi connectivity index (χ4n) is 1.31. The predicted octanol–water partition coefficient (Wildman–Crippen LogP) is 1.91. The van der Waals surface area contributed by atoms with E-state index in [-0.39, 0.29) is 23.8 Å². The number of nitrogens with zero attached hydrogens (tertiary/aromatic N) is 2. The van der Waals surface area contributed by atoms with Gasteiger partial charge in [0.1, 0.15) is 6.07 Å². The van der Waals surface area contributed by atoms with Crippen LogP contribution < -0.4 is 20.6 Å². The minimum atomic E-state index is -2.97. The summed E-state index contributed by atoms with van der Waals surface area (Å²) in [5.41, 5.74) is 7.66. The zero-order valence-electron chi connectivity index (χ0n) is 11.1. The zero-order chi connectivity index (χ0) is 15.8. The number of nitriles is 1. The summed E-state index contributed by atoms with van der Waals surface area (Å²) in [5, 5.41) is 19.4. The van der Waals surface area contributed by atoms with Gasteiger partial charge >= 0.3 is 6.61 Å². The second-order valence-corrected chi connectivity index (χ2v) is 3.57. The first kappa shape index (κ1) is 16.2. The van der Waals surface area contributed by atoms with Crippen molar-refractivity contribution in [2.24, 2.45) is 10.8 Å². The highest BCUT2D eigenvalue weighted by Gasteiger charge is 2.11. The SMILES string of the molecule is CCOc1cc(N/N=C(\C#N)C(=N)N)ccc1OC(F)F. The molecule has 0 aliphatic rings. The average Bonchev–Trinajstić information content (AvgIpc) is 2.41. The number of hydrogen-bond donors (Lipinski definition) is 3. The Labute approximate surface area is 119 Å². The normalized spacial score (nSPS) is 10.9. The summed E-state index contributed by atoms with van der Waals surface area (Å²) in [7, 11) is 0. The van der Waals surface area contributed by atoms with Crippen molar-refractivity contribution in [1.29, 1.82) is 10.7 Å². The molecule has 21 heavy (non-hydrogen) atoms. The number of halogens is 2. The summed E-state index contributed by atoms with van der Waals surface area (Å²) < 4.78 is 34.0. The van der Waals surface area contributed by atoms with Gasteiger partial charge in [-0.1, -0.05) is 0 Å². The minimum Gasteiger partial charge on any atom is -0.490 e. The summed E-state index contributed by atoms with van der Waals surface area (Å²) >= 11 is 0. The lowest BCUT2D eigenvalue weighted by Crippen LogP contribution is -2.21. The average molecular weight is 297 g/mol. The highest BCUT2D eigenvalue weighted by molar-refractivity contribution is 6.45. The van der Waals surface area contributed by atoms with Crippen LogP contribution in [-0.2, 0) is 0 Å². The van der Waals surface area contributed by atoms with Crippen LogP contribution in [-0.4, -0.2) is 24.8 Å². The van der Waals surface area contributed by atoms with Crippen molar-refractivity contribution in [3.63, 3.8) is 0 Å². The van der Waals surface area contributed by atoms with E-state index in [9.17, 15) is 8.78 Å². The molecule has 0 bridgehead atoms. The summed E-state index contributed by atoms with van der Waals surface area (Å²) in [6, 6.07) is 5.68. The van der Waals surface area contributed by atoms with Gasteiger partial charge in [-0.3, -0.25) is 10.8 Å². The van der Waals surface area contributed by atoms with Crippen LogP contribution >= 0.6 is 0 Å². The standard InChI is InChI=1S/C12H13F2N5O2/c1-2-20-10-5-7(3-4-9(10)21-12(13)14)18-19-8(6-15)11(16)17/h3-5,12,18H,2H2,1H3,(H3,16,17)/b19-8+. The van der Waals surface area contributed by atoms with Gasteiger partial charge < -0.3 is 15.2 Å². The maximum Gasteiger partial charge on any atom is 0.387 e. The van der Waals surface area contributed by atoms with Crippen molar-refractivity contribution in [2.45, 2.75) is 13.5 Å². The molecule has 0 saturated heterocycles. The summed E-state index contributed by atoms with van der Waals surface area (Å²) in [6.07, 6.45) is 0. The lowest BCUT2D eigenvalue weighted by molar-refractivity contribution is -0.0514. The number of nitrogens with two attached hydrogens (primary N) is 1. The van der Waals surface area contributed by atoms with Crippen molar-refractivity contribution in [3.8, 4) is 17.6 Å². The third kappa shape index (κ3) is 4.94. The first-order valence-electron chi connectivity index (χ1n) is 5.77. The minimum absolute atomic E-state index is 0.0966. The first-order chi connectivity index (χ1) is 9.97. The van der Waals surface area contributed by atoms with Crippen LogP contribution in [0, 0.1) is 16.7 Å². The van der Waals surface area contributed by atoms with Gasteiger partial charge in [0.2, 0.25) is 5.71 Å². The molecule has 0 aliphatic carbocycles. The molecule has 0 unspecified atom stereocenters. The van der Waals surface area contributed by atoms with Crippen LogP contribution in [0.2, 0.25) is 0 Å². The molecule has 4 N–H and O–H groups in total. The van der Waals surface area contributed by atoms with Gasteiger partial charge in [0.25, 0.3) is 0 Å². The Bertz CT molecular complexity index is 584. The van der Waals surface area contributed by atoms with Crippen LogP contribution in [0.4, 0.5) is 14.5 Å². The van der Waals surface area contributed by atoms with E-state index in [0.717, 1.165) is 0 Å². The second kappa shape index (κ2) is 7.64. The molecule has 0 saturated carbocycles. The van der Waals surface area contributed by atoms with E-state index in [2.05, 4.69) is 15.3 Å². The van der Waals surface area contributed by atoms with Crippen LogP contribution in [0.1, 0.15) is 6.92 Å². The number of alkyl halides is 2. The zero-order valence-corrected chi connectivity index (χ0v) is 11.1. The Morgan fingerprint density at radius 3 is 2.76 bits per heavy atom. The number of benzene rings is 1. The molecule has 0 heterocycles. The Hall–Kier alpha value is -2.89. The molecule has 9 heteroatoms. The number of hydrogen-bond acceptors (Lipinski definition) is 6. The lowest BCUT2D eigenvalue weighted by Gasteiger charge is -2.12. The van der Waals surface area contributed by atoms with E-state index in [4.69, 9.17) is 21.1 Å². The molecule has 0 spiro atoms. The Balaban J connectivity index is 2.98. The molecule has 0 amide bonds. The topological polar surface area (TPSA) is 117 Å². The number of ether oxygens (including phenoxy) is 2. The number of amidine groups is 1.